The van der Waals surface area contributed by atoms with E-state index >= 15 is 0 Å². The molecule has 1 aliphatic rings. The Morgan fingerprint density at radius 3 is 3.05 bits per heavy atom. The molecule has 20 heavy (non-hydrogen) atoms. The minimum atomic E-state index is -3.03. The molecule has 8 heteroatoms. The highest BCUT2D eigenvalue weighted by molar-refractivity contribution is 7.91. The molecule has 112 valence electrons. The number of thiophene rings is 1. The maximum atomic E-state index is 11.7. The van der Waals surface area contributed by atoms with E-state index < -0.39 is 15.9 Å². The second kappa shape index (κ2) is 6.66. The summed E-state index contributed by atoms with van der Waals surface area (Å²) >= 11 is 1.48. The van der Waals surface area contributed by atoms with E-state index in [1.165, 1.54) is 11.3 Å². The van der Waals surface area contributed by atoms with Crippen LogP contribution >= 0.6 is 11.3 Å². The summed E-state index contributed by atoms with van der Waals surface area (Å²) in [7, 11) is -3.03. The van der Waals surface area contributed by atoms with E-state index in [-0.39, 0.29) is 36.4 Å². The first kappa shape index (κ1) is 15.4. The minimum Gasteiger partial charge on any atom is -0.387 e. The van der Waals surface area contributed by atoms with E-state index in [1.54, 1.807) is 6.07 Å². The van der Waals surface area contributed by atoms with Crippen LogP contribution in [0.3, 0.4) is 0 Å². The predicted octanol–water partition coefficient (Wildman–Crippen LogP) is -0.326. The number of carbonyl (C=O) groups excluding carboxylic acids is 1. The Balaban J connectivity index is 1.75. The van der Waals surface area contributed by atoms with Gasteiger partial charge in [0.2, 0.25) is 5.91 Å². The van der Waals surface area contributed by atoms with Crippen molar-refractivity contribution in [3.05, 3.63) is 22.4 Å². The largest absolute Gasteiger partial charge is 0.387 e. The molecule has 2 rings (SSSR count). The summed E-state index contributed by atoms with van der Waals surface area (Å²) in [5.74, 6) is -0.135. The van der Waals surface area contributed by atoms with Crippen molar-refractivity contribution in [3.63, 3.8) is 0 Å². The molecule has 3 N–H and O–H groups in total. The molecule has 2 unspecified atom stereocenters. The number of amides is 1. The molecule has 1 aliphatic heterocycles. The molecule has 0 radical (unpaired) electrons. The van der Waals surface area contributed by atoms with Gasteiger partial charge in [-0.3, -0.25) is 4.79 Å². The summed E-state index contributed by atoms with van der Waals surface area (Å²) in [5, 5.41) is 19.2. The third-order valence-electron chi connectivity index (χ3n) is 3.15. The molecule has 1 fully saturated rings. The topological polar surface area (TPSA) is 95.5 Å². The highest BCUT2D eigenvalue weighted by Gasteiger charge is 2.26. The van der Waals surface area contributed by atoms with Crippen LogP contribution in [0, 0.1) is 0 Å². The van der Waals surface area contributed by atoms with E-state index in [0.717, 1.165) is 5.56 Å². The van der Waals surface area contributed by atoms with Crippen LogP contribution in [0.1, 0.15) is 18.1 Å². The SMILES string of the molecule is O=C(CC1CS(=O)(=O)CCN1)NCC(O)c1ccsc1. The van der Waals surface area contributed by atoms with E-state index in [9.17, 15) is 18.3 Å². The fourth-order valence-electron chi connectivity index (χ4n) is 2.09. The Hall–Kier alpha value is -0.960. The Bertz CT molecular complexity index is 542. The maximum absolute atomic E-state index is 11.7. The van der Waals surface area contributed by atoms with Crippen LogP contribution < -0.4 is 10.6 Å². The molecule has 0 spiro atoms. The molecule has 6 nitrogen and oxygen atoms in total. The van der Waals surface area contributed by atoms with Crippen molar-refractivity contribution < 1.29 is 18.3 Å². The highest BCUT2D eigenvalue weighted by atomic mass is 32.2. The quantitative estimate of drug-likeness (QED) is 0.691. The van der Waals surface area contributed by atoms with Gasteiger partial charge in [-0.05, 0) is 22.4 Å². The molecule has 2 atom stereocenters. The van der Waals surface area contributed by atoms with Crippen LogP contribution in [0.15, 0.2) is 16.8 Å². The smallest absolute Gasteiger partial charge is 0.221 e. The van der Waals surface area contributed by atoms with Crippen molar-refractivity contribution in [1.82, 2.24) is 10.6 Å². The number of rotatable bonds is 5. The van der Waals surface area contributed by atoms with E-state index in [2.05, 4.69) is 10.6 Å². The minimum absolute atomic E-state index is 0.00644. The van der Waals surface area contributed by atoms with Crippen LogP contribution in [-0.2, 0) is 14.6 Å². The molecule has 0 aromatic carbocycles. The van der Waals surface area contributed by atoms with E-state index in [4.69, 9.17) is 0 Å². The lowest BCUT2D eigenvalue weighted by molar-refractivity contribution is -0.121. The predicted molar refractivity (Wildman–Crippen MR) is 77.4 cm³/mol. The molecule has 0 aliphatic carbocycles. The van der Waals surface area contributed by atoms with Gasteiger partial charge in [0.25, 0.3) is 0 Å². The van der Waals surface area contributed by atoms with Gasteiger partial charge in [0.1, 0.15) is 0 Å². The fraction of sp³-hybridized carbons (Fsp3) is 0.583. The Morgan fingerprint density at radius 2 is 2.40 bits per heavy atom. The van der Waals surface area contributed by atoms with Crippen molar-refractivity contribution in [2.75, 3.05) is 24.6 Å². The number of sulfone groups is 1. The van der Waals surface area contributed by atoms with Gasteiger partial charge in [-0.2, -0.15) is 11.3 Å². The van der Waals surface area contributed by atoms with Crippen LogP contribution in [-0.4, -0.2) is 50.1 Å². The van der Waals surface area contributed by atoms with Gasteiger partial charge in [-0.25, -0.2) is 8.42 Å². The van der Waals surface area contributed by atoms with Crippen molar-refractivity contribution in [2.24, 2.45) is 0 Å². The fourth-order valence-corrected chi connectivity index (χ4v) is 4.24. The Labute approximate surface area is 122 Å². The molecule has 1 aromatic rings. The highest BCUT2D eigenvalue weighted by Crippen LogP contribution is 2.15. The van der Waals surface area contributed by atoms with E-state index in [0.29, 0.717) is 6.54 Å². The van der Waals surface area contributed by atoms with Gasteiger partial charge < -0.3 is 15.7 Å². The molecular formula is C12H18N2O4S2. The summed E-state index contributed by atoms with van der Waals surface area (Å²) in [6.45, 7) is 0.521. The second-order valence-electron chi connectivity index (χ2n) is 4.85. The first-order valence-electron chi connectivity index (χ1n) is 6.37. The van der Waals surface area contributed by atoms with Crippen molar-refractivity contribution >= 4 is 27.1 Å². The first-order chi connectivity index (χ1) is 9.46. The monoisotopic (exact) mass is 318 g/mol. The lowest BCUT2D eigenvalue weighted by Gasteiger charge is -2.23. The van der Waals surface area contributed by atoms with Gasteiger partial charge in [0, 0.05) is 25.6 Å². The summed E-state index contributed by atoms with van der Waals surface area (Å²) in [5.41, 5.74) is 0.772. The normalized spacial score (nSPS) is 23.1. The van der Waals surface area contributed by atoms with Crippen molar-refractivity contribution in [1.29, 1.82) is 0 Å². The standard InChI is InChI=1S/C12H18N2O4S2/c15-11(9-1-3-19-7-9)6-14-12(16)5-10-8-20(17,18)4-2-13-10/h1,3,7,10-11,13,15H,2,4-6,8H2,(H,14,16). The average molecular weight is 318 g/mol. The molecule has 1 aromatic heterocycles. The number of hydrogen-bond donors (Lipinski definition) is 3. The van der Waals surface area contributed by atoms with Crippen LogP contribution in [0.4, 0.5) is 0 Å². The third kappa shape index (κ3) is 4.55. The number of nitrogens with one attached hydrogen (secondary N) is 2. The van der Waals surface area contributed by atoms with Gasteiger partial charge in [-0.15, -0.1) is 0 Å². The molecular weight excluding hydrogens is 300 g/mol. The summed E-state index contributed by atoms with van der Waals surface area (Å²) in [4.78, 5) is 11.7. The van der Waals surface area contributed by atoms with Gasteiger partial charge in [0.15, 0.2) is 9.84 Å². The summed E-state index contributed by atoms with van der Waals surface area (Å²) in [6.07, 6.45) is -0.622. The molecule has 0 saturated carbocycles. The van der Waals surface area contributed by atoms with Crippen molar-refractivity contribution in [2.45, 2.75) is 18.6 Å². The molecule has 1 saturated heterocycles. The summed E-state index contributed by atoms with van der Waals surface area (Å²) < 4.78 is 22.9. The van der Waals surface area contributed by atoms with E-state index in [1.807, 2.05) is 10.8 Å². The van der Waals surface area contributed by atoms with Gasteiger partial charge in [-0.1, -0.05) is 0 Å². The zero-order valence-electron chi connectivity index (χ0n) is 10.9. The lowest BCUT2D eigenvalue weighted by Crippen LogP contribution is -2.47. The number of aliphatic hydroxyl groups is 1. The Kier molecular flexibility index (Phi) is 5.14. The molecule has 2 heterocycles. The number of hydrogen-bond acceptors (Lipinski definition) is 6. The van der Waals surface area contributed by atoms with Gasteiger partial charge in [0.05, 0.1) is 17.6 Å². The number of aliphatic hydroxyl groups excluding tert-OH is 1. The molecule has 1 amide bonds. The van der Waals surface area contributed by atoms with Gasteiger partial charge >= 0.3 is 0 Å². The maximum Gasteiger partial charge on any atom is 0.221 e. The third-order valence-corrected chi connectivity index (χ3v) is 5.59. The molecule has 0 bridgehead atoms. The first-order valence-corrected chi connectivity index (χ1v) is 9.13. The van der Waals surface area contributed by atoms with Crippen LogP contribution in [0.5, 0.6) is 0 Å². The lowest BCUT2D eigenvalue weighted by atomic mass is 10.2. The average Bonchev–Trinajstić information content (AvgIpc) is 2.88. The summed E-state index contributed by atoms with van der Waals surface area (Å²) in [6, 6.07) is 1.46. The van der Waals surface area contributed by atoms with Crippen LogP contribution in [0.25, 0.3) is 0 Å². The number of carbonyl (C=O) groups is 1. The zero-order chi connectivity index (χ0) is 14.6. The van der Waals surface area contributed by atoms with Crippen molar-refractivity contribution in [3.8, 4) is 0 Å². The Morgan fingerprint density at radius 1 is 1.60 bits per heavy atom. The second-order valence-corrected chi connectivity index (χ2v) is 7.85. The zero-order valence-corrected chi connectivity index (χ0v) is 12.5. The van der Waals surface area contributed by atoms with Crippen LogP contribution in [0.2, 0.25) is 0 Å².